The third-order valence-corrected chi connectivity index (χ3v) is 4.68. The highest BCUT2D eigenvalue weighted by Gasteiger charge is 2.40. The fraction of sp³-hybridized carbons (Fsp3) is 0.278. The number of anilines is 1. The summed E-state index contributed by atoms with van der Waals surface area (Å²) >= 11 is 6.61. The van der Waals surface area contributed by atoms with Gasteiger partial charge in [-0.15, -0.1) is 0 Å². The first-order chi connectivity index (χ1) is 9.99. The van der Waals surface area contributed by atoms with Gasteiger partial charge in [-0.3, -0.25) is 0 Å². The molecule has 0 spiro atoms. The molecule has 0 amide bonds. The summed E-state index contributed by atoms with van der Waals surface area (Å²) in [7, 11) is 4.11. The first kappa shape index (κ1) is 16.9. The summed E-state index contributed by atoms with van der Waals surface area (Å²) in [5, 5.41) is 0.800. The highest BCUT2D eigenvalue weighted by molar-refractivity contribution is 6.30. The number of nitrogens with zero attached hydrogens (tertiary/aromatic N) is 2. The molecule has 1 aromatic carbocycles. The normalized spacial score (nSPS) is 19.9. The van der Waals surface area contributed by atoms with E-state index in [4.69, 9.17) is 11.6 Å². The maximum Gasteiger partial charge on any atom is 0.295 e. The van der Waals surface area contributed by atoms with Gasteiger partial charge in [-0.2, -0.15) is 4.58 Å². The van der Waals surface area contributed by atoms with Gasteiger partial charge in [0.2, 0.25) is 0 Å². The molecule has 1 aliphatic heterocycles. The second kappa shape index (κ2) is 6.31. The van der Waals surface area contributed by atoms with E-state index < -0.39 is 0 Å². The van der Waals surface area contributed by atoms with Crippen molar-refractivity contribution in [2.24, 2.45) is 5.92 Å². The molecule has 2 nitrogen and oxygen atoms in total. The topological polar surface area (TPSA) is 6.25 Å². The third-order valence-electron chi connectivity index (χ3n) is 4.24. The lowest BCUT2D eigenvalue weighted by atomic mass is 9.93. The summed E-state index contributed by atoms with van der Waals surface area (Å²) < 4.78 is 2.08. The van der Waals surface area contributed by atoms with Gasteiger partial charge < -0.3 is 17.3 Å². The van der Waals surface area contributed by atoms with Gasteiger partial charge in [-0.05, 0) is 37.6 Å². The molecule has 1 atom stereocenters. The van der Waals surface area contributed by atoms with Crippen molar-refractivity contribution in [3.63, 3.8) is 0 Å². The second-order valence-electron chi connectivity index (χ2n) is 5.78. The van der Waals surface area contributed by atoms with E-state index in [2.05, 4.69) is 72.9 Å². The summed E-state index contributed by atoms with van der Waals surface area (Å²) in [5.41, 5.74) is 6.07. The van der Waals surface area contributed by atoms with Gasteiger partial charge in [-0.1, -0.05) is 35.4 Å². The number of hydrogen-bond donors (Lipinski definition) is 0. The lowest BCUT2D eigenvalue weighted by Crippen LogP contribution is -3.00. The van der Waals surface area contributed by atoms with Gasteiger partial charge >= 0.3 is 0 Å². The number of fused-ring (bicyclic) bond motifs is 1. The Bertz CT molecular complexity index is 709. The molecule has 2 aliphatic rings. The van der Waals surface area contributed by atoms with Crippen LogP contribution < -0.4 is 17.3 Å². The molecule has 22 heavy (non-hydrogen) atoms. The van der Waals surface area contributed by atoms with Crippen LogP contribution in [0.2, 0.25) is 0 Å². The monoisotopic (exact) mass is 334 g/mol. The molecule has 3 rings (SSSR count). The standard InChI is InChI=1S/C18H20ClN2.ClH/c1-12-5-8-14(9-6-12)20(3)17-15-11-13(2)7-10-16(15)21(4)18(17)19;/h5-11,15H,1-4H3;1H/q+1;/p-1. The molecule has 1 heterocycles. The molecule has 0 bridgehead atoms. The van der Waals surface area contributed by atoms with Crippen LogP contribution in [0.1, 0.15) is 12.5 Å². The summed E-state index contributed by atoms with van der Waals surface area (Å²) in [6.45, 7) is 4.23. The van der Waals surface area contributed by atoms with Crippen molar-refractivity contribution < 1.29 is 17.0 Å². The fourth-order valence-electron chi connectivity index (χ4n) is 2.93. The first-order valence-corrected chi connectivity index (χ1v) is 7.54. The Balaban J connectivity index is 0.00000176. The predicted octanol–water partition coefficient (Wildman–Crippen LogP) is 1.07. The van der Waals surface area contributed by atoms with E-state index in [-0.39, 0.29) is 18.3 Å². The van der Waals surface area contributed by atoms with Crippen LogP contribution in [0.3, 0.4) is 0 Å². The van der Waals surface area contributed by atoms with Crippen LogP contribution in [0, 0.1) is 12.8 Å². The fourth-order valence-corrected chi connectivity index (χ4v) is 3.27. The summed E-state index contributed by atoms with van der Waals surface area (Å²) in [6.07, 6.45) is 6.58. The van der Waals surface area contributed by atoms with Crippen LogP contribution in [0.5, 0.6) is 0 Å². The van der Waals surface area contributed by atoms with E-state index in [1.807, 2.05) is 7.05 Å². The molecule has 0 saturated heterocycles. The van der Waals surface area contributed by atoms with Crippen LogP contribution >= 0.6 is 11.6 Å². The molecule has 1 aromatic rings. The van der Waals surface area contributed by atoms with Crippen molar-refractivity contribution in [2.75, 3.05) is 19.0 Å². The van der Waals surface area contributed by atoms with E-state index >= 15 is 0 Å². The Morgan fingerprint density at radius 3 is 2.36 bits per heavy atom. The average Bonchev–Trinajstić information content (AvgIpc) is 2.70. The van der Waals surface area contributed by atoms with Crippen LogP contribution in [0.25, 0.3) is 0 Å². The van der Waals surface area contributed by atoms with E-state index in [1.165, 1.54) is 16.8 Å². The molecule has 1 aliphatic carbocycles. The molecular weight excluding hydrogens is 315 g/mol. The number of hydrogen-bond acceptors (Lipinski definition) is 1. The Kier molecular flexibility index (Phi) is 4.84. The number of rotatable bonds is 2. The van der Waals surface area contributed by atoms with Crippen molar-refractivity contribution in [3.05, 3.63) is 64.5 Å². The highest BCUT2D eigenvalue weighted by atomic mass is 35.5. The zero-order valence-electron chi connectivity index (χ0n) is 13.3. The summed E-state index contributed by atoms with van der Waals surface area (Å²) in [6, 6.07) is 8.54. The van der Waals surface area contributed by atoms with Gasteiger partial charge in [0.1, 0.15) is 18.7 Å². The molecule has 0 fully saturated rings. The highest BCUT2D eigenvalue weighted by Crippen LogP contribution is 2.36. The minimum absolute atomic E-state index is 0. The van der Waals surface area contributed by atoms with Crippen molar-refractivity contribution in [1.82, 2.24) is 0 Å². The maximum absolute atomic E-state index is 6.61. The molecule has 0 radical (unpaired) electrons. The van der Waals surface area contributed by atoms with Gasteiger partial charge in [0.25, 0.3) is 5.16 Å². The second-order valence-corrected chi connectivity index (χ2v) is 6.13. The lowest BCUT2D eigenvalue weighted by Gasteiger charge is -2.23. The van der Waals surface area contributed by atoms with E-state index in [1.54, 1.807) is 0 Å². The molecule has 4 heteroatoms. The first-order valence-electron chi connectivity index (χ1n) is 7.16. The third kappa shape index (κ3) is 2.73. The van der Waals surface area contributed by atoms with E-state index in [0.29, 0.717) is 0 Å². The van der Waals surface area contributed by atoms with Crippen LogP contribution in [0.15, 0.2) is 58.9 Å². The van der Waals surface area contributed by atoms with E-state index in [0.717, 1.165) is 16.5 Å². The van der Waals surface area contributed by atoms with Crippen LogP contribution in [-0.2, 0) is 0 Å². The minimum Gasteiger partial charge on any atom is -1.00 e. The molecule has 0 saturated carbocycles. The molecule has 116 valence electrons. The largest absolute Gasteiger partial charge is 1.00 e. The zero-order chi connectivity index (χ0) is 15.1. The Morgan fingerprint density at radius 2 is 1.73 bits per heavy atom. The Hall–Kier alpha value is -1.51. The van der Waals surface area contributed by atoms with Gasteiger partial charge in [-0.25, -0.2) is 0 Å². The van der Waals surface area contributed by atoms with Gasteiger partial charge in [0.05, 0.1) is 0 Å². The SMILES string of the molecule is CC1=CC2C(N(C)c3ccc(C)cc3)=C(Cl)[N+](C)=C2C=C1.[Cl-]. The molecular formula is C18H20Cl2N2. The van der Waals surface area contributed by atoms with Crippen LogP contribution in [0.4, 0.5) is 5.69 Å². The number of allylic oxidation sites excluding steroid dienone is 4. The van der Waals surface area contributed by atoms with Crippen molar-refractivity contribution in [3.8, 4) is 0 Å². The van der Waals surface area contributed by atoms with Gasteiger partial charge in [0.15, 0.2) is 5.71 Å². The van der Waals surface area contributed by atoms with Crippen molar-refractivity contribution >= 4 is 23.0 Å². The van der Waals surface area contributed by atoms with E-state index in [9.17, 15) is 0 Å². The molecule has 0 N–H and O–H groups in total. The minimum atomic E-state index is 0. The predicted molar refractivity (Wildman–Crippen MR) is 90.0 cm³/mol. The quantitative estimate of drug-likeness (QED) is 0.579. The summed E-state index contributed by atoms with van der Waals surface area (Å²) in [5.74, 6) is 0.235. The lowest BCUT2D eigenvalue weighted by molar-refractivity contribution is -0.428. The maximum atomic E-state index is 6.61. The van der Waals surface area contributed by atoms with Gasteiger partial charge in [0, 0.05) is 18.8 Å². The zero-order valence-corrected chi connectivity index (χ0v) is 14.8. The van der Waals surface area contributed by atoms with Crippen LogP contribution in [-0.4, -0.2) is 24.4 Å². The van der Waals surface area contributed by atoms with Crippen molar-refractivity contribution in [1.29, 1.82) is 0 Å². The Morgan fingerprint density at radius 1 is 1.09 bits per heavy atom. The smallest absolute Gasteiger partial charge is 0.295 e. The molecule has 1 unspecified atom stereocenters. The number of benzene rings is 1. The van der Waals surface area contributed by atoms with Crippen molar-refractivity contribution in [2.45, 2.75) is 13.8 Å². The number of halogens is 2. The Labute approximate surface area is 143 Å². The molecule has 0 aromatic heterocycles. The number of aryl methyl sites for hydroxylation is 1. The average molecular weight is 335 g/mol. The summed E-state index contributed by atoms with van der Waals surface area (Å²) in [4.78, 5) is 2.19.